The summed E-state index contributed by atoms with van der Waals surface area (Å²) in [6, 6.07) is 18.3. The van der Waals surface area contributed by atoms with Crippen molar-refractivity contribution in [3.63, 3.8) is 0 Å². The minimum atomic E-state index is -0.231. The molecular weight excluding hydrogens is 524 g/mol. The maximum atomic E-state index is 10.9. The Hall–Kier alpha value is -3.91. The van der Waals surface area contributed by atoms with Crippen LogP contribution in [0.5, 0.6) is 5.75 Å². The van der Waals surface area contributed by atoms with Crippen LogP contribution in [0.2, 0.25) is 0 Å². The molecule has 2 heterocycles. The highest BCUT2D eigenvalue weighted by Crippen LogP contribution is 2.39. The maximum Gasteiger partial charge on any atom is 0.221 e. The molecule has 2 atom stereocenters. The van der Waals surface area contributed by atoms with Crippen molar-refractivity contribution in [1.29, 1.82) is 0 Å². The van der Waals surface area contributed by atoms with Gasteiger partial charge in [0, 0.05) is 18.3 Å². The molecule has 42 heavy (non-hydrogen) atoms. The highest BCUT2D eigenvalue weighted by molar-refractivity contribution is 5.89. The number of nitrogens with two attached hydrogens (primary N) is 1. The SMILES string of the molecule is CC(=O)Nc1cc(N)cc(C(C)(C)C)c1.CC1CCC(Oc2ccc3nnc(C(C)(C)N(C)C)n3c2)c2ccccc21. The Kier molecular flexibility index (Phi) is 8.97. The number of pyridine rings is 1. The molecule has 0 aliphatic heterocycles. The number of rotatable bonds is 5. The predicted molar refractivity (Wildman–Crippen MR) is 171 cm³/mol. The second-order valence-electron chi connectivity index (χ2n) is 13.1. The topological polar surface area (TPSA) is 97.8 Å². The molecular formula is C34H46N6O2. The third-order valence-electron chi connectivity index (χ3n) is 8.20. The van der Waals surface area contributed by atoms with E-state index in [1.165, 1.54) is 18.1 Å². The Morgan fingerprint density at radius 2 is 1.69 bits per heavy atom. The van der Waals surface area contributed by atoms with Crippen molar-refractivity contribution < 1.29 is 9.53 Å². The molecule has 2 aromatic heterocycles. The minimum Gasteiger partial charge on any atom is -0.484 e. The van der Waals surface area contributed by atoms with Crippen molar-refractivity contribution >= 4 is 22.9 Å². The van der Waals surface area contributed by atoms with E-state index in [0.717, 1.165) is 41.3 Å². The third kappa shape index (κ3) is 6.93. The normalized spacial score (nSPS) is 16.9. The zero-order valence-electron chi connectivity index (χ0n) is 26.5. The van der Waals surface area contributed by atoms with E-state index in [9.17, 15) is 4.79 Å². The number of anilines is 2. The van der Waals surface area contributed by atoms with Crippen LogP contribution in [-0.4, -0.2) is 39.5 Å². The predicted octanol–water partition coefficient (Wildman–Crippen LogP) is 7.07. The third-order valence-corrected chi connectivity index (χ3v) is 8.20. The Morgan fingerprint density at radius 3 is 2.33 bits per heavy atom. The van der Waals surface area contributed by atoms with Crippen molar-refractivity contribution in [2.24, 2.45) is 0 Å². The van der Waals surface area contributed by atoms with Gasteiger partial charge >= 0.3 is 0 Å². The van der Waals surface area contributed by atoms with E-state index in [-0.39, 0.29) is 23.0 Å². The Balaban J connectivity index is 0.000000230. The van der Waals surface area contributed by atoms with Gasteiger partial charge in [0.25, 0.3) is 0 Å². The first-order valence-electron chi connectivity index (χ1n) is 14.6. The molecule has 0 fully saturated rings. The molecule has 8 nitrogen and oxygen atoms in total. The van der Waals surface area contributed by atoms with Crippen LogP contribution in [0.1, 0.15) is 95.8 Å². The summed E-state index contributed by atoms with van der Waals surface area (Å²) in [5, 5.41) is 11.5. The molecule has 0 saturated carbocycles. The molecule has 0 saturated heterocycles. The molecule has 2 unspecified atom stereocenters. The lowest BCUT2D eigenvalue weighted by Gasteiger charge is -2.31. The number of benzene rings is 2. The van der Waals surface area contributed by atoms with Gasteiger partial charge in [0.15, 0.2) is 11.5 Å². The lowest BCUT2D eigenvalue weighted by Crippen LogP contribution is -2.37. The molecule has 1 aliphatic rings. The van der Waals surface area contributed by atoms with E-state index >= 15 is 0 Å². The molecule has 2 aromatic carbocycles. The zero-order valence-corrected chi connectivity index (χ0v) is 26.5. The van der Waals surface area contributed by atoms with E-state index < -0.39 is 0 Å². The van der Waals surface area contributed by atoms with Crippen molar-refractivity contribution in [3.05, 3.63) is 83.3 Å². The molecule has 4 aromatic rings. The van der Waals surface area contributed by atoms with Crippen LogP contribution in [0.25, 0.3) is 5.65 Å². The smallest absolute Gasteiger partial charge is 0.221 e. The number of hydrogen-bond donors (Lipinski definition) is 2. The summed E-state index contributed by atoms with van der Waals surface area (Å²) in [5.41, 5.74) is 11.7. The molecule has 8 heteroatoms. The summed E-state index contributed by atoms with van der Waals surface area (Å²) in [4.78, 5) is 13.1. The lowest BCUT2D eigenvalue weighted by atomic mass is 9.82. The molecule has 1 aliphatic carbocycles. The average molecular weight is 571 g/mol. The van der Waals surface area contributed by atoms with Crippen molar-refractivity contribution in [2.75, 3.05) is 25.1 Å². The minimum absolute atomic E-state index is 0.0304. The lowest BCUT2D eigenvalue weighted by molar-refractivity contribution is -0.114. The zero-order chi connectivity index (χ0) is 30.8. The number of amides is 1. The fraction of sp³-hybridized carbons (Fsp3) is 0.441. The quantitative estimate of drug-likeness (QED) is 0.249. The van der Waals surface area contributed by atoms with Gasteiger partial charge in [-0.15, -0.1) is 10.2 Å². The van der Waals surface area contributed by atoms with Gasteiger partial charge in [-0.05, 0) is 99.1 Å². The van der Waals surface area contributed by atoms with Crippen LogP contribution < -0.4 is 15.8 Å². The Morgan fingerprint density at radius 1 is 1.00 bits per heavy atom. The largest absolute Gasteiger partial charge is 0.484 e. The van der Waals surface area contributed by atoms with Gasteiger partial charge in [-0.1, -0.05) is 52.0 Å². The summed E-state index contributed by atoms with van der Waals surface area (Å²) in [6.45, 7) is 14.4. The highest BCUT2D eigenvalue weighted by Gasteiger charge is 2.30. The maximum absolute atomic E-state index is 10.9. The van der Waals surface area contributed by atoms with Gasteiger partial charge in [0.2, 0.25) is 5.91 Å². The van der Waals surface area contributed by atoms with Gasteiger partial charge < -0.3 is 15.8 Å². The first kappa shape index (κ1) is 31.0. The first-order valence-corrected chi connectivity index (χ1v) is 14.6. The summed E-state index contributed by atoms with van der Waals surface area (Å²) in [5.74, 6) is 2.27. The van der Waals surface area contributed by atoms with Gasteiger partial charge in [0.05, 0.1) is 11.7 Å². The number of ether oxygens (including phenoxy) is 1. The van der Waals surface area contributed by atoms with Gasteiger partial charge in [-0.25, -0.2) is 0 Å². The molecule has 224 valence electrons. The first-order chi connectivity index (χ1) is 19.7. The standard InChI is InChI=1S/C22H28N4O.C12H18N2O/c1-15-10-12-19(18-9-7-6-8-17(15)18)27-16-11-13-20-23-24-21(26(20)14-16)22(2,3)25(4)5;1-8(15)14-11-6-9(12(2,3)4)5-10(13)7-11/h6-9,11,13-15,19H,10,12H2,1-5H3;5-7H,13H2,1-4H3,(H,14,15). The Bertz CT molecular complexity index is 1550. The highest BCUT2D eigenvalue weighted by atomic mass is 16.5. The second-order valence-corrected chi connectivity index (χ2v) is 13.1. The van der Waals surface area contributed by atoms with Gasteiger partial charge in [-0.3, -0.25) is 14.1 Å². The fourth-order valence-electron chi connectivity index (χ4n) is 5.17. The number of nitrogen functional groups attached to an aromatic ring is 1. The van der Waals surface area contributed by atoms with Crippen molar-refractivity contribution in [2.45, 2.75) is 84.3 Å². The molecule has 5 rings (SSSR count). The van der Waals surface area contributed by atoms with Crippen LogP contribution in [0, 0.1) is 0 Å². The monoisotopic (exact) mass is 570 g/mol. The van der Waals surface area contributed by atoms with Crippen molar-refractivity contribution in [1.82, 2.24) is 19.5 Å². The van der Waals surface area contributed by atoms with Gasteiger partial charge in [-0.2, -0.15) is 0 Å². The second kappa shape index (κ2) is 12.1. The molecule has 0 radical (unpaired) electrons. The number of fused-ring (bicyclic) bond motifs is 2. The number of carbonyl (C=O) groups excluding carboxylic acids is 1. The molecule has 0 spiro atoms. The van der Waals surface area contributed by atoms with Crippen LogP contribution in [0.15, 0.2) is 60.8 Å². The van der Waals surface area contributed by atoms with E-state index in [2.05, 4.69) is 100 Å². The van der Waals surface area contributed by atoms with Crippen LogP contribution in [0.4, 0.5) is 11.4 Å². The Labute approximate surface area is 250 Å². The summed E-state index contributed by atoms with van der Waals surface area (Å²) in [6.07, 6.45) is 4.30. The number of nitrogens with zero attached hydrogens (tertiary/aromatic N) is 4. The fourth-order valence-corrected chi connectivity index (χ4v) is 5.17. The molecule has 3 N–H and O–H groups in total. The molecule has 1 amide bonds. The van der Waals surface area contributed by atoms with Crippen LogP contribution in [-0.2, 0) is 15.7 Å². The van der Waals surface area contributed by atoms with Crippen molar-refractivity contribution in [3.8, 4) is 5.75 Å². The van der Waals surface area contributed by atoms with E-state index in [4.69, 9.17) is 10.5 Å². The summed E-state index contributed by atoms with van der Waals surface area (Å²) >= 11 is 0. The van der Waals surface area contributed by atoms with Crippen LogP contribution >= 0.6 is 0 Å². The van der Waals surface area contributed by atoms with E-state index in [1.54, 1.807) is 6.07 Å². The van der Waals surface area contributed by atoms with E-state index in [0.29, 0.717) is 11.6 Å². The van der Waals surface area contributed by atoms with Crippen LogP contribution in [0.3, 0.4) is 0 Å². The number of carbonyl (C=O) groups is 1. The van der Waals surface area contributed by atoms with E-state index in [1.807, 2.05) is 34.9 Å². The average Bonchev–Trinajstić information content (AvgIpc) is 3.34. The summed E-state index contributed by atoms with van der Waals surface area (Å²) < 4.78 is 8.49. The molecule has 0 bridgehead atoms. The summed E-state index contributed by atoms with van der Waals surface area (Å²) in [7, 11) is 4.11. The number of nitrogens with one attached hydrogen (secondary N) is 1. The number of hydrogen-bond acceptors (Lipinski definition) is 6. The van der Waals surface area contributed by atoms with Gasteiger partial charge in [0.1, 0.15) is 11.9 Å². The number of aromatic nitrogens is 3.